The van der Waals surface area contributed by atoms with Crippen molar-refractivity contribution in [1.82, 2.24) is 10.4 Å². The number of rotatable bonds is 11. The fraction of sp³-hybridized carbons (Fsp3) is 0.348. The van der Waals surface area contributed by atoms with Crippen LogP contribution in [0.1, 0.15) is 30.1 Å². The van der Waals surface area contributed by atoms with Crippen LogP contribution in [0.3, 0.4) is 0 Å². The second-order valence-electron chi connectivity index (χ2n) is 7.05. The van der Waals surface area contributed by atoms with Crippen LogP contribution in [0.25, 0.3) is 6.08 Å². The van der Waals surface area contributed by atoms with Crippen LogP contribution in [0.5, 0.6) is 0 Å². The third kappa shape index (κ3) is 7.77. The first kappa shape index (κ1) is 22.7. The molecule has 0 fully saturated rings. The first-order valence-electron chi connectivity index (χ1n) is 9.65. The fourth-order valence-electron chi connectivity index (χ4n) is 3.15. The van der Waals surface area contributed by atoms with Crippen LogP contribution in [0.2, 0.25) is 0 Å². The molecule has 6 heteroatoms. The van der Waals surface area contributed by atoms with Crippen molar-refractivity contribution < 1.29 is 19.1 Å². The number of hydrogen-bond acceptors (Lipinski definition) is 4. The summed E-state index contributed by atoms with van der Waals surface area (Å²) in [5.41, 5.74) is 3.69. The standard InChI is InChI=1S/C23H29FN2O3/c1-26(15-6-9-18-7-4-3-5-8-18)16-14-20(23(27)25-28)17-22(29-2)19-10-12-21(24)13-11-19/h3-13,20,22,28H,14-17H2,1-2H3,(H,25,27)/b9-6+/t20-,22+/m0/s1. The molecule has 1 amide bonds. The van der Waals surface area contributed by atoms with Crippen molar-refractivity contribution in [3.05, 3.63) is 77.6 Å². The molecule has 2 aromatic rings. The van der Waals surface area contributed by atoms with Gasteiger partial charge in [0.2, 0.25) is 5.91 Å². The van der Waals surface area contributed by atoms with Gasteiger partial charge in [-0.1, -0.05) is 54.6 Å². The van der Waals surface area contributed by atoms with E-state index in [1.165, 1.54) is 12.1 Å². The maximum atomic E-state index is 13.2. The number of methoxy groups -OCH3 is 1. The zero-order valence-electron chi connectivity index (χ0n) is 16.9. The third-order valence-corrected chi connectivity index (χ3v) is 4.89. The van der Waals surface area contributed by atoms with Gasteiger partial charge in [-0.2, -0.15) is 0 Å². The first-order valence-corrected chi connectivity index (χ1v) is 9.65. The van der Waals surface area contributed by atoms with E-state index in [2.05, 4.69) is 17.1 Å². The van der Waals surface area contributed by atoms with Gasteiger partial charge in [0.05, 0.1) is 6.10 Å². The van der Waals surface area contributed by atoms with Gasteiger partial charge in [-0.3, -0.25) is 10.0 Å². The SMILES string of the molecule is CO[C@H](C[C@H](CCN(C)C/C=C/c1ccccc1)C(=O)NO)c1ccc(F)cc1. The van der Waals surface area contributed by atoms with Gasteiger partial charge in [0.1, 0.15) is 5.82 Å². The van der Waals surface area contributed by atoms with Crippen LogP contribution >= 0.6 is 0 Å². The molecule has 29 heavy (non-hydrogen) atoms. The molecule has 0 radical (unpaired) electrons. The van der Waals surface area contributed by atoms with E-state index in [9.17, 15) is 9.18 Å². The van der Waals surface area contributed by atoms with Crippen LogP contribution in [0, 0.1) is 11.7 Å². The minimum atomic E-state index is -0.442. The van der Waals surface area contributed by atoms with Crippen LogP contribution in [-0.2, 0) is 9.53 Å². The van der Waals surface area contributed by atoms with Crippen LogP contribution < -0.4 is 5.48 Å². The highest BCUT2D eigenvalue weighted by atomic mass is 19.1. The van der Waals surface area contributed by atoms with Crippen molar-refractivity contribution in [3.63, 3.8) is 0 Å². The molecule has 2 atom stereocenters. The Labute approximate surface area is 171 Å². The minimum Gasteiger partial charge on any atom is -0.377 e. The average Bonchev–Trinajstić information content (AvgIpc) is 2.75. The number of hydrogen-bond donors (Lipinski definition) is 2. The smallest absolute Gasteiger partial charge is 0.246 e. The number of likely N-dealkylation sites (N-methyl/N-ethyl adjacent to an activating group) is 1. The molecule has 0 spiro atoms. The number of amides is 1. The molecule has 0 aliphatic rings. The van der Waals surface area contributed by atoms with E-state index in [4.69, 9.17) is 9.94 Å². The number of nitrogens with zero attached hydrogens (tertiary/aromatic N) is 1. The number of carbonyl (C=O) groups excluding carboxylic acids is 1. The molecule has 0 aromatic heterocycles. The van der Waals surface area contributed by atoms with E-state index in [1.54, 1.807) is 24.7 Å². The van der Waals surface area contributed by atoms with Crippen LogP contribution in [0.15, 0.2) is 60.7 Å². The van der Waals surface area contributed by atoms with Crippen molar-refractivity contribution in [2.75, 3.05) is 27.2 Å². The van der Waals surface area contributed by atoms with E-state index in [-0.39, 0.29) is 11.9 Å². The Kier molecular flexibility index (Phi) is 9.50. The first-order chi connectivity index (χ1) is 14.0. The molecule has 5 nitrogen and oxygen atoms in total. The number of ether oxygens (including phenoxy) is 1. The molecular weight excluding hydrogens is 371 g/mol. The Morgan fingerprint density at radius 1 is 1.21 bits per heavy atom. The zero-order chi connectivity index (χ0) is 21.1. The van der Waals surface area contributed by atoms with Gasteiger partial charge in [0.25, 0.3) is 0 Å². The van der Waals surface area contributed by atoms with Gasteiger partial charge in [-0.25, -0.2) is 9.87 Å². The summed E-state index contributed by atoms with van der Waals surface area (Å²) in [4.78, 5) is 14.3. The van der Waals surface area contributed by atoms with Crippen LogP contribution in [0.4, 0.5) is 4.39 Å². The van der Waals surface area contributed by atoms with Crippen LogP contribution in [-0.4, -0.2) is 43.3 Å². The van der Waals surface area contributed by atoms with E-state index >= 15 is 0 Å². The van der Waals surface area contributed by atoms with Gasteiger partial charge in [-0.15, -0.1) is 0 Å². The summed E-state index contributed by atoms with van der Waals surface area (Å²) in [5.74, 6) is -1.20. The average molecular weight is 400 g/mol. The minimum absolute atomic E-state index is 0.321. The van der Waals surface area contributed by atoms with Crippen molar-refractivity contribution in [1.29, 1.82) is 0 Å². The van der Waals surface area contributed by atoms with Gasteiger partial charge >= 0.3 is 0 Å². The molecule has 0 saturated carbocycles. The fourth-order valence-corrected chi connectivity index (χ4v) is 3.15. The molecule has 0 aliphatic carbocycles. The summed E-state index contributed by atoms with van der Waals surface area (Å²) in [7, 11) is 3.54. The number of nitrogens with one attached hydrogen (secondary N) is 1. The van der Waals surface area contributed by atoms with Crippen molar-refractivity contribution in [2.45, 2.75) is 18.9 Å². The predicted octanol–water partition coefficient (Wildman–Crippen LogP) is 4.06. The molecule has 156 valence electrons. The second kappa shape index (κ2) is 12.1. The van der Waals surface area contributed by atoms with E-state index in [1.807, 2.05) is 37.4 Å². The largest absolute Gasteiger partial charge is 0.377 e. The molecule has 2 rings (SSSR count). The molecule has 0 unspecified atom stereocenters. The lowest BCUT2D eigenvalue weighted by molar-refractivity contribution is -0.135. The van der Waals surface area contributed by atoms with E-state index in [0.717, 1.165) is 17.7 Å². The lowest BCUT2D eigenvalue weighted by atomic mass is 9.93. The summed E-state index contributed by atoms with van der Waals surface area (Å²) in [5, 5.41) is 9.12. The molecule has 0 heterocycles. The summed E-state index contributed by atoms with van der Waals surface area (Å²) < 4.78 is 18.7. The number of hydroxylamine groups is 1. The zero-order valence-corrected chi connectivity index (χ0v) is 16.9. The Morgan fingerprint density at radius 3 is 2.52 bits per heavy atom. The maximum Gasteiger partial charge on any atom is 0.246 e. The predicted molar refractivity (Wildman–Crippen MR) is 112 cm³/mol. The Morgan fingerprint density at radius 2 is 1.90 bits per heavy atom. The molecule has 0 saturated heterocycles. The second-order valence-corrected chi connectivity index (χ2v) is 7.05. The highest BCUT2D eigenvalue weighted by Gasteiger charge is 2.24. The molecule has 0 bridgehead atoms. The molecule has 2 aromatic carbocycles. The van der Waals surface area contributed by atoms with Crippen molar-refractivity contribution >= 4 is 12.0 Å². The van der Waals surface area contributed by atoms with Gasteiger partial charge < -0.3 is 9.64 Å². The lowest BCUT2D eigenvalue weighted by Gasteiger charge is -2.23. The number of halogens is 1. The summed E-state index contributed by atoms with van der Waals surface area (Å²) in [6.07, 6.45) is 4.73. The van der Waals surface area contributed by atoms with Crippen molar-refractivity contribution in [3.8, 4) is 0 Å². The lowest BCUT2D eigenvalue weighted by Crippen LogP contribution is -2.32. The van der Waals surface area contributed by atoms with Gasteiger partial charge in [0.15, 0.2) is 0 Å². The normalized spacial score (nSPS) is 13.6. The molecular formula is C23H29FN2O3. The Hall–Kier alpha value is -2.54. The Bertz CT molecular complexity index is 765. The summed E-state index contributed by atoms with van der Waals surface area (Å²) in [6, 6.07) is 16.1. The number of benzene rings is 2. The third-order valence-electron chi connectivity index (χ3n) is 4.89. The molecule has 2 N–H and O–H groups in total. The molecule has 0 aliphatic heterocycles. The quantitative estimate of drug-likeness (QED) is 0.441. The highest BCUT2D eigenvalue weighted by molar-refractivity contribution is 5.77. The monoisotopic (exact) mass is 400 g/mol. The van der Waals surface area contributed by atoms with E-state index in [0.29, 0.717) is 19.4 Å². The topological polar surface area (TPSA) is 61.8 Å². The summed E-state index contributed by atoms with van der Waals surface area (Å²) in [6.45, 7) is 1.42. The summed E-state index contributed by atoms with van der Waals surface area (Å²) >= 11 is 0. The van der Waals surface area contributed by atoms with E-state index < -0.39 is 11.8 Å². The highest BCUT2D eigenvalue weighted by Crippen LogP contribution is 2.27. The Balaban J connectivity index is 1.91. The van der Waals surface area contributed by atoms with Crippen molar-refractivity contribution in [2.24, 2.45) is 5.92 Å². The van der Waals surface area contributed by atoms with Gasteiger partial charge in [-0.05, 0) is 49.7 Å². The maximum absolute atomic E-state index is 13.2. The van der Waals surface area contributed by atoms with Gasteiger partial charge in [0, 0.05) is 19.6 Å². The number of carbonyl (C=O) groups is 1.